The summed E-state index contributed by atoms with van der Waals surface area (Å²) in [5.74, 6) is -0.145. The summed E-state index contributed by atoms with van der Waals surface area (Å²) in [4.78, 5) is 25.7. The van der Waals surface area contributed by atoms with E-state index in [4.69, 9.17) is 0 Å². The Labute approximate surface area is 189 Å². The Kier molecular flexibility index (Phi) is 6.18. The summed E-state index contributed by atoms with van der Waals surface area (Å²) >= 11 is 1.35. The highest BCUT2D eigenvalue weighted by Gasteiger charge is 2.19. The molecule has 0 fully saturated rings. The minimum atomic E-state index is -0.356. The minimum Gasteiger partial charge on any atom is -0.317 e. The summed E-state index contributed by atoms with van der Waals surface area (Å²) in [5.41, 5.74) is 3.75. The molecule has 0 bridgehead atoms. The number of carbonyl (C=O) groups is 2. The van der Waals surface area contributed by atoms with E-state index in [2.05, 4.69) is 33.0 Å². The molecule has 0 spiro atoms. The van der Waals surface area contributed by atoms with Crippen molar-refractivity contribution in [2.24, 2.45) is 7.05 Å². The van der Waals surface area contributed by atoms with Crippen molar-refractivity contribution >= 4 is 34.7 Å². The third kappa shape index (κ3) is 4.62. The number of anilines is 2. The predicted octanol–water partition coefficient (Wildman–Crippen LogP) is 4.04. The van der Waals surface area contributed by atoms with Crippen molar-refractivity contribution in [1.82, 2.24) is 19.6 Å². The summed E-state index contributed by atoms with van der Waals surface area (Å²) in [6.07, 6.45) is 0.851. The molecule has 2 amide bonds. The first-order valence-electron chi connectivity index (χ1n) is 10.2. The van der Waals surface area contributed by atoms with Crippen LogP contribution in [0.2, 0.25) is 0 Å². The number of amides is 2. The first kappa shape index (κ1) is 21.5. The lowest BCUT2D eigenvalue weighted by Crippen LogP contribution is -2.14. The molecule has 0 aliphatic rings. The maximum absolute atomic E-state index is 12.9. The maximum Gasteiger partial charge on any atom is 0.276 e. The van der Waals surface area contributed by atoms with Gasteiger partial charge in [0.2, 0.25) is 0 Å². The molecule has 8 nitrogen and oxygen atoms in total. The number of benzene rings is 1. The molecule has 4 aromatic rings. The van der Waals surface area contributed by atoms with Crippen LogP contribution in [0.1, 0.15) is 37.1 Å². The number of carbonyl (C=O) groups excluding carboxylic acids is 2. The van der Waals surface area contributed by atoms with Gasteiger partial charge < -0.3 is 10.6 Å². The van der Waals surface area contributed by atoms with Gasteiger partial charge in [-0.3, -0.25) is 19.0 Å². The lowest BCUT2D eigenvalue weighted by Gasteiger charge is -2.06. The molecule has 2 N–H and O–H groups in total. The molecular formula is C23H24N6O2S. The number of thiophene rings is 1. The molecular weight excluding hydrogens is 424 g/mol. The van der Waals surface area contributed by atoms with Gasteiger partial charge in [-0.05, 0) is 37.3 Å². The largest absolute Gasteiger partial charge is 0.317 e. The van der Waals surface area contributed by atoms with Crippen molar-refractivity contribution in [1.29, 1.82) is 0 Å². The van der Waals surface area contributed by atoms with Gasteiger partial charge in [0.1, 0.15) is 5.82 Å². The smallest absolute Gasteiger partial charge is 0.276 e. The van der Waals surface area contributed by atoms with Crippen LogP contribution in [0.15, 0.2) is 53.9 Å². The normalized spacial score (nSPS) is 10.8. The van der Waals surface area contributed by atoms with Crippen molar-refractivity contribution in [3.63, 3.8) is 0 Å². The Morgan fingerprint density at radius 1 is 1.00 bits per heavy atom. The molecule has 32 heavy (non-hydrogen) atoms. The third-order valence-electron chi connectivity index (χ3n) is 5.17. The molecule has 0 saturated carbocycles. The molecule has 0 saturated heterocycles. The van der Waals surface area contributed by atoms with Crippen LogP contribution in [0.4, 0.5) is 11.5 Å². The number of hydrogen-bond acceptors (Lipinski definition) is 5. The van der Waals surface area contributed by atoms with Crippen LogP contribution in [-0.4, -0.2) is 31.4 Å². The minimum absolute atomic E-state index is 0.213. The molecule has 3 heterocycles. The van der Waals surface area contributed by atoms with E-state index < -0.39 is 0 Å². The highest BCUT2D eigenvalue weighted by Crippen LogP contribution is 2.21. The highest BCUT2D eigenvalue weighted by atomic mass is 32.1. The van der Waals surface area contributed by atoms with Gasteiger partial charge in [-0.2, -0.15) is 10.2 Å². The summed E-state index contributed by atoms with van der Waals surface area (Å²) in [6.45, 7) is 4.52. The number of hydrogen-bond donors (Lipinski definition) is 2. The second kappa shape index (κ2) is 9.19. The van der Waals surface area contributed by atoms with E-state index in [1.807, 2.05) is 48.2 Å². The summed E-state index contributed by atoms with van der Waals surface area (Å²) < 4.78 is 3.38. The van der Waals surface area contributed by atoms with Crippen molar-refractivity contribution in [3.05, 3.63) is 81.4 Å². The molecule has 0 atom stereocenters. The monoisotopic (exact) mass is 448 g/mol. The molecule has 1 aromatic carbocycles. The van der Waals surface area contributed by atoms with Crippen LogP contribution >= 0.6 is 11.3 Å². The Morgan fingerprint density at radius 3 is 2.50 bits per heavy atom. The van der Waals surface area contributed by atoms with Crippen LogP contribution < -0.4 is 10.6 Å². The summed E-state index contributed by atoms with van der Waals surface area (Å²) in [5, 5.41) is 16.4. The van der Waals surface area contributed by atoms with Gasteiger partial charge in [-0.15, -0.1) is 11.3 Å². The van der Waals surface area contributed by atoms with Crippen LogP contribution in [-0.2, 0) is 20.0 Å². The van der Waals surface area contributed by atoms with Crippen molar-refractivity contribution in [3.8, 4) is 0 Å². The molecule has 4 rings (SSSR count). The quantitative estimate of drug-likeness (QED) is 0.446. The zero-order chi connectivity index (χ0) is 22.7. The van der Waals surface area contributed by atoms with Crippen molar-refractivity contribution in [2.45, 2.75) is 26.8 Å². The summed E-state index contributed by atoms with van der Waals surface area (Å²) in [6, 6.07) is 15.3. The zero-order valence-electron chi connectivity index (χ0n) is 18.1. The average Bonchev–Trinajstić information content (AvgIpc) is 3.50. The Hall–Kier alpha value is -3.72. The summed E-state index contributed by atoms with van der Waals surface area (Å²) in [7, 11) is 1.68. The third-order valence-corrected chi connectivity index (χ3v) is 6.04. The topological polar surface area (TPSA) is 93.8 Å². The van der Waals surface area contributed by atoms with Crippen LogP contribution in [0.3, 0.4) is 0 Å². The fourth-order valence-electron chi connectivity index (χ4n) is 3.43. The fourth-order valence-corrected chi connectivity index (χ4v) is 4.05. The predicted molar refractivity (Wildman–Crippen MR) is 125 cm³/mol. The van der Waals surface area contributed by atoms with E-state index in [0.29, 0.717) is 16.4 Å². The van der Waals surface area contributed by atoms with Gasteiger partial charge in [0.15, 0.2) is 5.69 Å². The van der Waals surface area contributed by atoms with Crippen LogP contribution in [0, 0.1) is 13.8 Å². The van der Waals surface area contributed by atoms with Gasteiger partial charge in [-0.25, -0.2) is 0 Å². The average molecular weight is 449 g/mol. The number of rotatable bonds is 7. The van der Waals surface area contributed by atoms with E-state index >= 15 is 0 Å². The van der Waals surface area contributed by atoms with E-state index in [9.17, 15) is 9.59 Å². The second-order valence-corrected chi connectivity index (χ2v) is 8.38. The number of aryl methyl sites for hydroxylation is 4. The van der Waals surface area contributed by atoms with Gasteiger partial charge in [0.25, 0.3) is 11.8 Å². The van der Waals surface area contributed by atoms with E-state index in [-0.39, 0.29) is 17.5 Å². The highest BCUT2D eigenvalue weighted by molar-refractivity contribution is 7.12. The Bertz CT molecular complexity index is 1240. The van der Waals surface area contributed by atoms with E-state index in [1.54, 1.807) is 19.2 Å². The van der Waals surface area contributed by atoms with E-state index in [0.717, 1.165) is 24.4 Å². The van der Waals surface area contributed by atoms with Crippen molar-refractivity contribution in [2.75, 3.05) is 10.6 Å². The SMILES string of the molecule is Cc1nn(CCc2ccccc2)c(C)c1NC(=O)c1cc(NC(=O)c2cccs2)n(C)n1. The second-order valence-electron chi connectivity index (χ2n) is 7.43. The molecule has 0 aliphatic heterocycles. The lowest BCUT2D eigenvalue weighted by atomic mass is 10.1. The first-order chi connectivity index (χ1) is 15.4. The Balaban J connectivity index is 1.45. The van der Waals surface area contributed by atoms with Gasteiger partial charge in [-0.1, -0.05) is 36.4 Å². The first-order valence-corrected chi connectivity index (χ1v) is 11.1. The standard InChI is InChI=1S/C23H24N6O2S/c1-15-21(16(2)29(26-15)12-11-17-8-5-4-6-9-17)25-22(30)18-14-20(28(3)27-18)24-23(31)19-10-7-13-32-19/h4-10,13-14H,11-12H2,1-3H3,(H,24,31)(H,25,30). The van der Waals surface area contributed by atoms with E-state index in [1.165, 1.54) is 21.6 Å². The number of nitrogens with one attached hydrogen (secondary N) is 2. The zero-order valence-corrected chi connectivity index (χ0v) is 18.9. The van der Waals surface area contributed by atoms with Gasteiger partial charge in [0, 0.05) is 19.7 Å². The van der Waals surface area contributed by atoms with Crippen LogP contribution in [0.25, 0.3) is 0 Å². The molecule has 0 radical (unpaired) electrons. The molecule has 9 heteroatoms. The molecule has 3 aromatic heterocycles. The Morgan fingerprint density at radius 2 is 1.78 bits per heavy atom. The lowest BCUT2D eigenvalue weighted by molar-refractivity contribution is 0.101. The van der Waals surface area contributed by atoms with Gasteiger partial charge in [0.05, 0.1) is 22.0 Å². The fraction of sp³-hybridized carbons (Fsp3) is 0.217. The molecule has 0 aliphatic carbocycles. The van der Waals surface area contributed by atoms with Gasteiger partial charge >= 0.3 is 0 Å². The van der Waals surface area contributed by atoms with Crippen molar-refractivity contribution < 1.29 is 9.59 Å². The molecule has 0 unspecified atom stereocenters. The van der Waals surface area contributed by atoms with Crippen LogP contribution in [0.5, 0.6) is 0 Å². The molecule has 164 valence electrons. The number of aromatic nitrogens is 4. The maximum atomic E-state index is 12.9. The number of nitrogens with zero attached hydrogens (tertiary/aromatic N) is 4.